The highest BCUT2D eigenvalue weighted by atomic mass is 32.2. The lowest BCUT2D eigenvalue weighted by Gasteiger charge is -2.02. The van der Waals surface area contributed by atoms with Crippen molar-refractivity contribution in [1.82, 2.24) is 9.97 Å². The Labute approximate surface area is 167 Å². The standard InChI is InChI=1S/C23H14N4S/c24-14-18-12-7-13-20(19(18)15-25)28-23-26-21(16-8-3-1-4-9-16)22(27-23)17-10-5-2-6-11-17/h1-13H,(H,26,27). The molecule has 28 heavy (non-hydrogen) atoms. The summed E-state index contributed by atoms with van der Waals surface area (Å²) >= 11 is 1.35. The Bertz CT molecular complexity index is 1140. The maximum absolute atomic E-state index is 9.48. The molecule has 0 amide bonds. The predicted molar refractivity (Wildman–Crippen MR) is 109 cm³/mol. The van der Waals surface area contributed by atoms with Crippen LogP contribution >= 0.6 is 11.8 Å². The van der Waals surface area contributed by atoms with E-state index >= 15 is 0 Å². The van der Waals surface area contributed by atoms with Gasteiger partial charge in [-0.1, -0.05) is 78.5 Å². The summed E-state index contributed by atoms with van der Waals surface area (Å²) in [4.78, 5) is 8.89. The molecule has 0 radical (unpaired) electrons. The molecule has 0 bridgehead atoms. The Morgan fingerprint density at radius 1 is 0.750 bits per heavy atom. The van der Waals surface area contributed by atoms with Gasteiger partial charge in [-0.2, -0.15) is 10.5 Å². The summed E-state index contributed by atoms with van der Waals surface area (Å²) in [6, 6.07) is 29.5. The number of aromatic nitrogens is 2. The van der Waals surface area contributed by atoms with Gasteiger partial charge in [0, 0.05) is 16.0 Å². The van der Waals surface area contributed by atoms with Crippen LogP contribution in [-0.2, 0) is 0 Å². The quantitative estimate of drug-likeness (QED) is 0.499. The monoisotopic (exact) mass is 378 g/mol. The van der Waals surface area contributed by atoms with Gasteiger partial charge in [-0.25, -0.2) is 4.98 Å². The highest BCUT2D eigenvalue weighted by Gasteiger charge is 2.16. The molecule has 0 aliphatic heterocycles. The molecule has 1 aromatic heterocycles. The minimum Gasteiger partial charge on any atom is -0.332 e. The summed E-state index contributed by atoms with van der Waals surface area (Å²) in [5, 5.41) is 19.4. The van der Waals surface area contributed by atoms with Gasteiger partial charge >= 0.3 is 0 Å². The van der Waals surface area contributed by atoms with E-state index in [1.165, 1.54) is 11.8 Å². The number of H-pyrrole nitrogens is 1. The van der Waals surface area contributed by atoms with Crippen molar-refractivity contribution >= 4 is 11.8 Å². The van der Waals surface area contributed by atoms with E-state index in [1.807, 2.05) is 66.7 Å². The van der Waals surface area contributed by atoms with Gasteiger partial charge < -0.3 is 4.98 Å². The normalized spacial score (nSPS) is 10.2. The van der Waals surface area contributed by atoms with Crippen LogP contribution in [-0.4, -0.2) is 9.97 Å². The van der Waals surface area contributed by atoms with Crippen molar-refractivity contribution in [3.8, 4) is 34.7 Å². The van der Waals surface area contributed by atoms with Crippen molar-refractivity contribution in [1.29, 1.82) is 10.5 Å². The molecule has 0 aliphatic carbocycles. The van der Waals surface area contributed by atoms with E-state index in [0.717, 1.165) is 22.5 Å². The Morgan fingerprint density at radius 3 is 2.07 bits per heavy atom. The molecule has 0 fully saturated rings. The predicted octanol–water partition coefficient (Wildman–Crippen LogP) is 5.64. The summed E-state index contributed by atoms with van der Waals surface area (Å²) in [5.74, 6) is 0. The summed E-state index contributed by atoms with van der Waals surface area (Å²) in [6.07, 6.45) is 0. The highest BCUT2D eigenvalue weighted by molar-refractivity contribution is 7.99. The average Bonchev–Trinajstić information content (AvgIpc) is 3.18. The minimum absolute atomic E-state index is 0.366. The zero-order valence-electron chi connectivity index (χ0n) is 14.8. The number of nitrogens with one attached hydrogen (secondary N) is 1. The maximum Gasteiger partial charge on any atom is 0.171 e. The van der Waals surface area contributed by atoms with Gasteiger partial charge in [0.15, 0.2) is 5.16 Å². The number of benzene rings is 3. The van der Waals surface area contributed by atoms with Crippen molar-refractivity contribution in [2.75, 3.05) is 0 Å². The van der Waals surface area contributed by atoms with E-state index in [4.69, 9.17) is 4.98 Å². The van der Waals surface area contributed by atoms with Crippen LogP contribution in [0.25, 0.3) is 22.5 Å². The molecule has 0 unspecified atom stereocenters. The van der Waals surface area contributed by atoms with Crippen LogP contribution in [0.15, 0.2) is 88.9 Å². The largest absolute Gasteiger partial charge is 0.332 e. The SMILES string of the molecule is N#Cc1cccc(Sc2nc(-c3ccccc3)c(-c3ccccc3)[nH]2)c1C#N. The first-order valence-electron chi connectivity index (χ1n) is 8.62. The van der Waals surface area contributed by atoms with Crippen LogP contribution in [0.3, 0.4) is 0 Å². The second kappa shape index (κ2) is 7.84. The lowest BCUT2D eigenvalue weighted by molar-refractivity contribution is 1.06. The van der Waals surface area contributed by atoms with Gasteiger partial charge in [-0.3, -0.25) is 0 Å². The molecular weight excluding hydrogens is 364 g/mol. The Hall–Kier alpha value is -3.80. The summed E-state index contributed by atoms with van der Waals surface area (Å²) in [7, 11) is 0. The molecular formula is C23H14N4S. The van der Waals surface area contributed by atoms with E-state index in [9.17, 15) is 10.5 Å². The lowest BCUT2D eigenvalue weighted by Crippen LogP contribution is -1.88. The van der Waals surface area contributed by atoms with Crippen LogP contribution in [0.1, 0.15) is 11.1 Å². The molecule has 4 rings (SSSR count). The number of imidazole rings is 1. The molecule has 0 saturated carbocycles. The Balaban J connectivity index is 1.82. The number of hydrogen-bond donors (Lipinski definition) is 1. The molecule has 5 heteroatoms. The number of hydrogen-bond acceptors (Lipinski definition) is 4. The van der Waals surface area contributed by atoms with E-state index in [1.54, 1.807) is 12.1 Å². The third-order valence-electron chi connectivity index (χ3n) is 4.26. The molecule has 1 N–H and O–H groups in total. The smallest absolute Gasteiger partial charge is 0.171 e. The Morgan fingerprint density at radius 2 is 1.43 bits per heavy atom. The summed E-state index contributed by atoms with van der Waals surface area (Å²) < 4.78 is 0. The molecule has 132 valence electrons. The molecule has 1 heterocycles. The molecule has 0 aliphatic rings. The highest BCUT2D eigenvalue weighted by Crippen LogP contribution is 2.36. The first-order chi connectivity index (χ1) is 13.8. The summed E-state index contributed by atoms with van der Waals surface area (Å²) in [5.41, 5.74) is 4.55. The van der Waals surface area contributed by atoms with Crippen LogP contribution in [0.2, 0.25) is 0 Å². The molecule has 4 aromatic rings. The van der Waals surface area contributed by atoms with Crippen molar-refractivity contribution in [2.45, 2.75) is 10.1 Å². The second-order valence-electron chi connectivity index (χ2n) is 6.00. The zero-order valence-corrected chi connectivity index (χ0v) is 15.6. The topological polar surface area (TPSA) is 76.3 Å². The average molecular weight is 378 g/mol. The van der Waals surface area contributed by atoms with E-state index < -0.39 is 0 Å². The molecule has 0 spiro atoms. The van der Waals surface area contributed by atoms with Gasteiger partial charge in [-0.05, 0) is 12.1 Å². The first kappa shape index (κ1) is 17.6. The maximum atomic E-state index is 9.48. The van der Waals surface area contributed by atoms with Gasteiger partial charge in [0.2, 0.25) is 0 Å². The fourth-order valence-electron chi connectivity index (χ4n) is 2.95. The Kier molecular flexibility index (Phi) is 4.93. The van der Waals surface area contributed by atoms with Crippen molar-refractivity contribution in [3.05, 3.63) is 90.0 Å². The lowest BCUT2D eigenvalue weighted by atomic mass is 10.1. The van der Waals surface area contributed by atoms with Crippen molar-refractivity contribution < 1.29 is 0 Å². The molecule has 0 saturated heterocycles. The summed E-state index contributed by atoms with van der Waals surface area (Å²) in [6.45, 7) is 0. The number of aromatic amines is 1. The van der Waals surface area contributed by atoms with Crippen LogP contribution in [0.4, 0.5) is 0 Å². The molecule has 4 nitrogen and oxygen atoms in total. The number of rotatable bonds is 4. The minimum atomic E-state index is 0.366. The van der Waals surface area contributed by atoms with E-state index in [0.29, 0.717) is 21.2 Å². The number of nitrogens with zero attached hydrogens (tertiary/aromatic N) is 3. The van der Waals surface area contributed by atoms with Gasteiger partial charge in [0.1, 0.15) is 12.1 Å². The fraction of sp³-hybridized carbons (Fsp3) is 0. The number of nitriles is 2. The van der Waals surface area contributed by atoms with Gasteiger partial charge in [0.25, 0.3) is 0 Å². The second-order valence-corrected chi connectivity index (χ2v) is 7.03. The third-order valence-corrected chi connectivity index (χ3v) is 5.20. The van der Waals surface area contributed by atoms with Crippen LogP contribution in [0, 0.1) is 22.7 Å². The first-order valence-corrected chi connectivity index (χ1v) is 9.43. The van der Waals surface area contributed by atoms with Gasteiger partial charge in [0.05, 0.1) is 22.5 Å². The third kappa shape index (κ3) is 3.40. The van der Waals surface area contributed by atoms with Crippen LogP contribution in [0.5, 0.6) is 0 Å². The van der Waals surface area contributed by atoms with Crippen molar-refractivity contribution in [2.24, 2.45) is 0 Å². The van der Waals surface area contributed by atoms with E-state index in [-0.39, 0.29) is 0 Å². The van der Waals surface area contributed by atoms with Gasteiger partial charge in [-0.15, -0.1) is 0 Å². The zero-order chi connectivity index (χ0) is 19.3. The van der Waals surface area contributed by atoms with Crippen LogP contribution < -0.4 is 0 Å². The molecule has 3 aromatic carbocycles. The van der Waals surface area contributed by atoms with Crippen molar-refractivity contribution in [3.63, 3.8) is 0 Å². The fourth-order valence-corrected chi connectivity index (χ4v) is 3.85. The molecule has 0 atom stereocenters. The van der Waals surface area contributed by atoms with E-state index in [2.05, 4.69) is 17.1 Å².